The van der Waals surface area contributed by atoms with E-state index in [4.69, 9.17) is 10.5 Å². The molecule has 0 radical (unpaired) electrons. The molecule has 1 aromatic carbocycles. The van der Waals surface area contributed by atoms with Gasteiger partial charge in [-0.3, -0.25) is 4.79 Å². The summed E-state index contributed by atoms with van der Waals surface area (Å²) in [5.41, 5.74) is 0.347. The van der Waals surface area contributed by atoms with Gasteiger partial charge in [0, 0.05) is 25.1 Å². The fraction of sp³-hybridized carbons (Fsp3) is 0.438. The molecule has 0 aliphatic heterocycles. The van der Waals surface area contributed by atoms with Gasteiger partial charge in [0.25, 0.3) is 0 Å². The normalized spacial score (nSPS) is 19.1. The zero-order valence-corrected chi connectivity index (χ0v) is 11.9. The summed E-state index contributed by atoms with van der Waals surface area (Å²) >= 11 is 0. The van der Waals surface area contributed by atoms with Gasteiger partial charge in [-0.1, -0.05) is 6.07 Å². The molecule has 1 amide bonds. The van der Waals surface area contributed by atoms with Crippen molar-refractivity contribution in [1.82, 2.24) is 4.90 Å². The van der Waals surface area contributed by atoms with Crippen LogP contribution in [0.2, 0.25) is 0 Å². The van der Waals surface area contributed by atoms with E-state index in [0.717, 1.165) is 6.07 Å². The van der Waals surface area contributed by atoms with Gasteiger partial charge in [-0.05, 0) is 24.0 Å². The van der Waals surface area contributed by atoms with Gasteiger partial charge in [-0.15, -0.1) is 0 Å². The largest absolute Gasteiger partial charge is 0.340 e. The van der Waals surface area contributed by atoms with E-state index >= 15 is 0 Å². The Balaban J connectivity index is 2.04. The van der Waals surface area contributed by atoms with Gasteiger partial charge in [-0.2, -0.15) is 10.5 Å². The second-order valence-electron chi connectivity index (χ2n) is 5.26. The number of hydrogen-bond donors (Lipinski definition) is 0. The molecule has 1 aliphatic rings. The maximum absolute atomic E-state index is 13.7. The lowest BCUT2D eigenvalue weighted by Crippen LogP contribution is -2.34. The van der Waals surface area contributed by atoms with Gasteiger partial charge in [0.15, 0.2) is 0 Å². The average molecular weight is 303 g/mol. The minimum absolute atomic E-state index is 0.167. The number of hydrogen-bond acceptors (Lipinski definition) is 3. The highest BCUT2D eigenvalue weighted by atomic mass is 19.1. The van der Waals surface area contributed by atoms with Crippen LogP contribution in [0.15, 0.2) is 18.2 Å². The van der Waals surface area contributed by atoms with Crippen LogP contribution in [0.1, 0.15) is 30.7 Å². The fourth-order valence-corrected chi connectivity index (χ4v) is 2.55. The molecule has 4 nitrogen and oxygen atoms in total. The minimum Gasteiger partial charge on any atom is -0.340 e. The summed E-state index contributed by atoms with van der Waals surface area (Å²) in [6.07, 6.45) is 0.899. The standard InChI is InChI=1S/C16H15F2N3O/c17-11-3-4-12(15(18)9-11)13-10-14(13)16(22)21(7-1-5-19)8-2-6-20/h3-4,9,13-14H,1-2,7-8,10H2. The molecule has 0 saturated heterocycles. The van der Waals surface area contributed by atoms with Crippen LogP contribution in [0.5, 0.6) is 0 Å². The number of amides is 1. The van der Waals surface area contributed by atoms with Gasteiger partial charge in [0.2, 0.25) is 5.91 Å². The van der Waals surface area contributed by atoms with E-state index in [1.165, 1.54) is 17.0 Å². The molecular weight excluding hydrogens is 288 g/mol. The van der Waals surface area contributed by atoms with Crippen molar-refractivity contribution in [2.24, 2.45) is 5.92 Å². The molecule has 0 aromatic heterocycles. The van der Waals surface area contributed by atoms with Crippen molar-refractivity contribution in [3.63, 3.8) is 0 Å². The molecule has 2 rings (SSSR count). The third-order valence-electron chi connectivity index (χ3n) is 3.77. The summed E-state index contributed by atoms with van der Waals surface area (Å²) in [7, 11) is 0. The lowest BCUT2D eigenvalue weighted by Gasteiger charge is -2.20. The summed E-state index contributed by atoms with van der Waals surface area (Å²) in [4.78, 5) is 13.9. The number of carbonyl (C=O) groups is 1. The summed E-state index contributed by atoms with van der Waals surface area (Å²) in [5.74, 6) is -2.05. The molecule has 22 heavy (non-hydrogen) atoms. The number of halogens is 2. The Hall–Kier alpha value is -2.47. The average Bonchev–Trinajstić information content (AvgIpc) is 3.27. The molecule has 0 bridgehead atoms. The van der Waals surface area contributed by atoms with Gasteiger partial charge in [-0.25, -0.2) is 8.78 Å². The first-order valence-electron chi connectivity index (χ1n) is 7.06. The second-order valence-corrected chi connectivity index (χ2v) is 5.26. The Labute approximate surface area is 127 Å². The van der Waals surface area contributed by atoms with Crippen molar-refractivity contribution in [3.05, 3.63) is 35.4 Å². The highest BCUT2D eigenvalue weighted by Crippen LogP contribution is 2.49. The summed E-state index contributed by atoms with van der Waals surface area (Å²) < 4.78 is 26.7. The van der Waals surface area contributed by atoms with E-state index in [1.807, 2.05) is 12.1 Å². The first-order valence-corrected chi connectivity index (χ1v) is 7.06. The lowest BCUT2D eigenvalue weighted by molar-refractivity contribution is -0.132. The van der Waals surface area contributed by atoms with Gasteiger partial charge >= 0.3 is 0 Å². The molecule has 2 unspecified atom stereocenters. The summed E-state index contributed by atoms with van der Waals surface area (Å²) in [6.45, 7) is 0.540. The maximum Gasteiger partial charge on any atom is 0.226 e. The molecule has 0 spiro atoms. The Morgan fingerprint density at radius 2 is 1.86 bits per heavy atom. The van der Waals surface area contributed by atoms with Gasteiger partial charge in [0.1, 0.15) is 11.6 Å². The Kier molecular flexibility index (Phi) is 5.06. The van der Waals surface area contributed by atoms with E-state index in [9.17, 15) is 13.6 Å². The molecule has 114 valence electrons. The zero-order chi connectivity index (χ0) is 16.1. The van der Waals surface area contributed by atoms with Gasteiger partial charge in [0.05, 0.1) is 25.0 Å². The summed E-state index contributed by atoms with van der Waals surface area (Å²) in [6, 6.07) is 7.31. The van der Waals surface area contributed by atoms with Crippen molar-refractivity contribution < 1.29 is 13.6 Å². The predicted molar refractivity (Wildman–Crippen MR) is 74.2 cm³/mol. The number of benzene rings is 1. The number of rotatable bonds is 6. The molecule has 0 N–H and O–H groups in total. The number of nitriles is 2. The van der Waals surface area contributed by atoms with E-state index in [1.54, 1.807) is 0 Å². The monoisotopic (exact) mass is 303 g/mol. The first kappa shape index (κ1) is 15.9. The topological polar surface area (TPSA) is 67.9 Å². The van der Waals surface area contributed by atoms with Gasteiger partial charge < -0.3 is 4.90 Å². The van der Waals surface area contributed by atoms with E-state index in [0.29, 0.717) is 12.0 Å². The fourth-order valence-electron chi connectivity index (χ4n) is 2.55. The van der Waals surface area contributed by atoms with Crippen LogP contribution in [0.25, 0.3) is 0 Å². The molecule has 0 heterocycles. The zero-order valence-electron chi connectivity index (χ0n) is 11.9. The second kappa shape index (κ2) is 7.00. The number of nitrogens with zero attached hydrogens (tertiary/aromatic N) is 3. The maximum atomic E-state index is 13.7. The Morgan fingerprint density at radius 1 is 1.23 bits per heavy atom. The molecule has 6 heteroatoms. The number of carbonyl (C=O) groups excluding carboxylic acids is 1. The van der Waals surface area contributed by atoms with Crippen molar-refractivity contribution >= 4 is 5.91 Å². The molecule has 1 saturated carbocycles. The predicted octanol–water partition coefficient (Wildman–Crippen LogP) is 2.72. The van der Waals surface area contributed by atoms with Crippen molar-refractivity contribution in [2.45, 2.75) is 25.2 Å². The van der Waals surface area contributed by atoms with Crippen molar-refractivity contribution in [2.75, 3.05) is 13.1 Å². The van der Waals surface area contributed by atoms with Crippen molar-refractivity contribution in [3.8, 4) is 12.1 Å². The van der Waals surface area contributed by atoms with Crippen LogP contribution >= 0.6 is 0 Å². The minimum atomic E-state index is -0.644. The molecule has 1 aliphatic carbocycles. The van der Waals surface area contributed by atoms with Crippen LogP contribution in [-0.4, -0.2) is 23.9 Å². The Bertz CT molecular complexity index is 630. The third kappa shape index (κ3) is 3.59. The van der Waals surface area contributed by atoms with E-state index in [2.05, 4.69) is 0 Å². The molecule has 1 aromatic rings. The molecular formula is C16H15F2N3O. The first-order chi connectivity index (χ1) is 10.6. The molecule has 1 fully saturated rings. The SMILES string of the molecule is N#CCCN(CCC#N)C(=O)C1CC1c1ccc(F)cc1F. The van der Waals surface area contributed by atoms with Crippen LogP contribution in [0.3, 0.4) is 0 Å². The summed E-state index contributed by atoms with van der Waals surface area (Å²) in [5, 5.41) is 17.3. The smallest absolute Gasteiger partial charge is 0.226 e. The highest BCUT2D eigenvalue weighted by Gasteiger charge is 2.46. The third-order valence-corrected chi connectivity index (χ3v) is 3.77. The van der Waals surface area contributed by atoms with E-state index in [-0.39, 0.29) is 43.7 Å². The van der Waals surface area contributed by atoms with Crippen LogP contribution in [-0.2, 0) is 4.79 Å². The van der Waals surface area contributed by atoms with E-state index < -0.39 is 11.6 Å². The lowest BCUT2D eigenvalue weighted by atomic mass is 10.1. The Morgan fingerprint density at radius 3 is 2.41 bits per heavy atom. The highest BCUT2D eigenvalue weighted by molar-refractivity contribution is 5.83. The quantitative estimate of drug-likeness (QED) is 0.811. The van der Waals surface area contributed by atoms with Crippen LogP contribution in [0.4, 0.5) is 8.78 Å². The van der Waals surface area contributed by atoms with Crippen LogP contribution < -0.4 is 0 Å². The molecule has 2 atom stereocenters. The van der Waals surface area contributed by atoms with Crippen LogP contribution in [0, 0.1) is 40.2 Å². The van der Waals surface area contributed by atoms with Crippen molar-refractivity contribution in [1.29, 1.82) is 10.5 Å².